The van der Waals surface area contributed by atoms with E-state index in [1.807, 2.05) is 35.0 Å². The maximum absolute atomic E-state index is 12.9. The number of aromatic nitrogens is 3. The van der Waals surface area contributed by atoms with Crippen molar-refractivity contribution in [2.75, 3.05) is 24.3 Å². The first-order valence-corrected chi connectivity index (χ1v) is 11.6. The predicted octanol–water partition coefficient (Wildman–Crippen LogP) is 4.96. The van der Waals surface area contributed by atoms with E-state index in [2.05, 4.69) is 40.5 Å². The van der Waals surface area contributed by atoms with Gasteiger partial charge in [-0.2, -0.15) is 0 Å². The molecule has 3 N–H and O–H groups in total. The Morgan fingerprint density at radius 1 is 1.24 bits per heavy atom. The number of hydrogen-bond acceptors (Lipinski definition) is 5. The molecule has 0 aliphatic rings. The zero-order chi connectivity index (χ0) is 24.2. The van der Waals surface area contributed by atoms with Crippen LogP contribution < -0.4 is 10.6 Å². The molecule has 34 heavy (non-hydrogen) atoms. The van der Waals surface area contributed by atoms with Gasteiger partial charge in [0.05, 0.1) is 24.7 Å². The second-order valence-corrected chi connectivity index (χ2v) is 8.65. The number of anilines is 2. The van der Waals surface area contributed by atoms with E-state index in [9.17, 15) is 9.59 Å². The van der Waals surface area contributed by atoms with Crippen molar-refractivity contribution < 1.29 is 14.3 Å². The van der Waals surface area contributed by atoms with Crippen LogP contribution in [0.1, 0.15) is 43.2 Å². The van der Waals surface area contributed by atoms with Crippen LogP contribution in [0.15, 0.2) is 42.7 Å². The van der Waals surface area contributed by atoms with Gasteiger partial charge in [-0.05, 0) is 30.0 Å². The molecule has 0 aliphatic heterocycles. The van der Waals surface area contributed by atoms with Crippen molar-refractivity contribution in [1.82, 2.24) is 14.5 Å². The maximum Gasteiger partial charge on any atom is 0.356 e. The molecule has 4 aromatic rings. The van der Waals surface area contributed by atoms with Gasteiger partial charge in [0, 0.05) is 42.5 Å². The van der Waals surface area contributed by atoms with Crippen LogP contribution in [0.2, 0.25) is 0 Å². The normalized spacial score (nSPS) is 12.1. The molecule has 0 bridgehead atoms. The number of ether oxygens (including phenoxy) is 1. The van der Waals surface area contributed by atoms with Crippen LogP contribution in [0.4, 0.5) is 11.4 Å². The molecule has 8 nitrogen and oxygen atoms in total. The van der Waals surface area contributed by atoms with Crippen LogP contribution in [0.25, 0.3) is 21.9 Å². The summed E-state index contributed by atoms with van der Waals surface area (Å²) >= 11 is 0. The van der Waals surface area contributed by atoms with Gasteiger partial charge in [0.2, 0.25) is 5.91 Å². The lowest BCUT2D eigenvalue weighted by molar-refractivity contribution is -0.114. The summed E-state index contributed by atoms with van der Waals surface area (Å²) in [5.41, 5.74) is 4.38. The first kappa shape index (κ1) is 23.4. The van der Waals surface area contributed by atoms with Gasteiger partial charge in [-0.3, -0.25) is 4.79 Å². The van der Waals surface area contributed by atoms with Crippen molar-refractivity contribution in [3.63, 3.8) is 0 Å². The van der Waals surface area contributed by atoms with Crippen LogP contribution in [0.3, 0.4) is 0 Å². The van der Waals surface area contributed by atoms with Crippen LogP contribution in [-0.4, -0.2) is 40.1 Å². The van der Waals surface area contributed by atoms with Crippen LogP contribution in [-0.2, 0) is 22.5 Å². The molecule has 178 valence electrons. The van der Waals surface area contributed by atoms with Gasteiger partial charge < -0.3 is 24.9 Å². The van der Waals surface area contributed by atoms with Gasteiger partial charge in [-0.15, -0.1) is 0 Å². The molecule has 8 heteroatoms. The summed E-state index contributed by atoms with van der Waals surface area (Å²) in [6, 6.07) is 10.0. The van der Waals surface area contributed by atoms with Gasteiger partial charge in [0.1, 0.15) is 5.65 Å². The van der Waals surface area contributed by atoms with E-state index in [1.165, 1.54) is 14.0 Å². The van der Waals surface area contributed by atoms with Gasteiger partial charge in [0.15, 0.2) is 5.69 Å². The topological polar surface area (TPSA) is 101 Å². The molecule has 3 heterocycles. The summed E-state index contributed by atoms with van der Waals surface area (Å²) in [5, 5.41) is 8.09. The van der Waals surface area contributed by atoms with Crippen molar-refractivity contribution in [3.8, 4) is 0 Å². The van der Waals surface area contributed by atoms with E-state index in [4.69, 9.17) is 4.74 Å². The van der Waals surface area contributed by atoms with Crippen LogP contribution in [0.5, 0.6) is 0 Å². The Labute approximate surface area is 198 Å². The summed E-state index contributed by atoms with van der Waals surface area (Å²) < 4.78 is 6.94. The summed E-state index contributed by atoms with van der Waals surface area (Å²) in [6.07, 6.45) is 5.50. The van der Waals surface area contributed by atoms with Crippen molar-refractivity contribution in [2.24, 2.45) is 5.92 Å². The van der Waals surface area contributed by atoms with E-state index in [1.54, 1.807) is 6.20 Å². The van der Waals surface area contributed by atoms with E-state index in [0.717, 1.165) is 35.1 Å². The molecule has 1 aromatic carbocycles. The highest BCUT2D eigenvalue weighted by Gasteiger charge is 2.25. The molecule has 3 aromatic heterocycles. The molecular weight excluding hydrogens is 430 g/mol. The van der Waals surface area contributed by atoms with Crippen molar-refractivity contribution in [3.05, 3.63) is 54.0 Å². The van der Waals surface area contributed by atoms with Gasteiger partial charge in [-0.25, -0.2) is 9.78 Å². The minimum Gasteiger partial charge on any atom is -0.464 e. The lowest BCUT2D eigenvalue weighted by Gasteiger charge is -2.11. The van der Waals surface area contributed by atoms with E-state index in [0.29, 0.717) is 41.3 Å². The molecular formula is C26H31N5O3. The number of nitrogens with one attached hydrogen (secondary N) is 3. The zero-order valence-electron chi connectivity index (χ0n) is 20.1. The number of pyridine rings is 1. The first-order chi connectivity index (χ1) is 16.4. The number of amides is 1. The van der Waals surface area contributed by atoms with Crippen LogP contribution >= 0.6 is 0 Å². The number of aromatic amines is 1. The fourth-order valence-electron chi connectivity index (χ4n) is 4.16. The molecule has 0 fully saturated rings. The van der Waals surface area contributed by atoms with E-state index < -0.39 is 5.97 Å². The Bertz CT molecular complexity index is 1340. The molecule has 0 spiro atoms. The minimum absolute atomic E-state index is 0.265. The SMILES string of the molecule is CCC(C)CNc1cnc2c(c1)c(NC(C)=O)c(C(=O)OC)n2CCc1c[nH]c2ccccc12. The number of rotatable bonds is 9. The lowest BCUT2D eigenvalue weighted by atomic mass is 10.1. The Morgan fingerprint density at radius 2 is 2.03 bits per heavy atom. The molecule has 0 radical (unpaired) electrons. The molecule has 4 rings (SSSR count). The van der Waals surface area contributed by atoms with Gasteiger partial charge >= 0.3 is 5.97 Å². The van der Waals surface area contributed by atoms with E-state index in [-0.39, 0.29) is 5.91 Å². The number of carbonyl (C=O) groups is 2. The highest BCUT2D eigenvalue weighted by Crippen LogP contribution is 2.33. The summed E-state index contributed by atoms with van der Waals surface area (Å²) in [6.45, 7) is 7.06. The van der Waals surface area contributed by atoms with Crippen molar-refractivity contribution in [2.45, 2.75) is 40.2 Å². The molecule has 0 saturated heterocycles. The smallest absolute Gasteiger partial charge is 0.356 e. The number of carbonyl (C=O) groups excluding carboxylic acids is 2. The third kappa shape index (κ3) is 4.62. The fourth-order valence-corrected chi connectivity index (χ4v) is 4.16. The maximum atomic E-state index is 12.9. The average Bonchev–Trinajstić information content (AvgIpc) is 3.39. The second kappa shape index (κ2) is 9.99. The molecule has 1 amide bonds. The van der Waals surface area contributed by atoms with E-state index >= 15 is 0 Å². The van der Waals surface area contributed by atoms with Crippen LogP contribution in [0, 0.1) is 5.92 Å². The lowest BCUT2D eigenvalue weighted by Crippen LogP contribution is -2.16. The number of methoxy groups -OCH3 is 1. The quantitative estimate of drug-likeness (QED) is 0.306. The minimum atomic E-state index is -0.519. The van der Waals surface area contributed by atoms with Gasteiger partial charge in [-0.1, -0.05) is 38.5 Å². The standard InChI is InChI=1S/C26H31N5O3/c1-5-16(2)13-27-19-12-21-23(30-17(3)32)24(26(33)34-4)31(25(21)29-15-19)11-10-18-14-28-22-9-7-6-8-20(18)22/h6-9,12,14-16,27-28H,5,10-11,13H2,1-4H3,(H,30,32). The Morgan fingerprint density at radius 3 is 2.76 bits per heavy atom. The number of hydrogen-bond donors (Lipinski definition) is 3. The largest absolute Gasteiger partial charge is 0.464 e. The fraction of sp³-hybridized carbons (Fsp3) is 0.346. The third-order valence-electron chi connectivity index (χ3n) is 6.21. The molecule has 1 atom stereocenters. The highest BCUT2D eigenvalue weighted by atomic mass is 16.5. The Balaban J connectivity index is 1.78. The second-order valence-electron chi connectivity index (χ2n) is 8.65. The average molecular weight is 462 g/mol. The summed E-state index contributed by atoms with van der Waals surface area (Å²) in [4.78, 5) is 32.9. The molecule has 0 aliphatic carbocycles. The molecule has 0 saturated carbocycles. The van der Waals surface area contributed by atoms with Crippen molar-refractivity contribution >= 4 is 45.2 Å². The number of para-hydroxylation sites is 1. The predicted molar refractivity (Wildman–Crippen MR) is 135 cm³/mol. The number of fused-ring (bicyclic) bond motifs is 2. The number of H-pyrrole nitrogens is 1. The zero-order valence-corrected chi connectivity index (χ0v) is 20.1. The Kier molecular flexibility index (Phi) is 6.86. The third-order valence-corrected chi connectivity index (χ3v) is 6.21. The monoisotopic (exact) mass is 461 g/mol. The summed E-state index contributed by atoms with van der Waals surface area (Å²) in [7, 11) is 1.34. The molecule has 1 unspecified atom stereocenters. The first-order valence-electron chi connectivity index (χ1n) is 11.6. The Hall–Kier alpha value is -3.81. The number of aryl methyl sites for hydroxylation is 2. The highest BCUT2D eigenvalue weighted by molar-refractivity contribution is 6.11. The summed E-state index contributed by atoms with van der Waals surface area (Å²) in [5.74, 6) is -0.273. The van der Waals surface area contributed by atoms with Crippen molar-refractivity contribution in [1.29, 1.82) is 0 Å². The van der Waals surface area contributed by atoms with Gasteiger partial charge in [0.25, 0.3) is 0 Å². The number of esters is 1. The number of nitrogens with zero attached hydrogens (tertiary/aromatic N) is 2. The number of benzene rings is 1.